The summed E-state index contributed by atoms with van der Waals surface area (Å²) in [5.74, 6) is -0.683. The minimum absolute atomic E-state index is 0.00506. The zero-order chi connectivity index (χ0) is 28.0. The van der Waals surface area contributed by atoms with Gasteiger partial charge in [0.15, 0.2) is 6.04 Å². The lowest BCUT2D eigenvalue weighted by Gasteiger charge is -2.25. The Hall–Kier alpha value is -4.66. The van der Waals surface area contributed by atoms with Crippen LogP contribution in [0.2, 0.25) is 0 Å². The number of hydrogen-bond donors (Lipinski definition) is 1. The number of pyridine rings is 1. The molecule has 1 heterocycles. The molecule has 7 nitrogen and oxygen atoms in total. The third-order valence-electron chi connectivity index (χ3n) is 6.45. The smallest absolute Gasteiger partial charge is 0.332 e. The molecule has 5 aromatic rings. The van der Waals surface area contributed by atoms with Crippen LogP contribution in [0.4, 0.5) is 0 Å². The van der Waals surface area contributed by atoms with Crippen molar-refractivity contribution < 1.29 is 17.9 Å². The Balaban J connectivity index is 1.68. The molecule has 8 heteroatoms. The summed E-state index contributed by atoms with van der Waals surface area (Å²) >= 11 is 0. The maximum Gasteiger partial charge on any atom is 0.332 e. The quantitative estimate of drug-likeness (QED) is 0.198. The van der Waals surface area contributed by atoms with Gasteiger partial charge in [0.05, 0.1) is 24.4 Å². The normalized spacial score (nSPS) is 12.8. The van der Waals surface area contributed by atoms with Gasteiger partial charge in [-0.05, 0) is 17.7 Å². The van der Waals surface area contributed by atoms with Crippen LogP contribution in [0.1, 0.15) is 22.7 Å². The van der Waals surface area contributed by atoms with E-state index in [4.69, 9.17) is 9.73 Å². The highest BCUT2D eigenvalue weighted by atomic mass is 32.2. The van der Waals surface area contributed by atoms with Crippen LogP contribution in [0.3, 0.4) is 0 Å². The number of carbonyl (C=O) groups is 1. The van der Waals surface area contributed by atoms with Crippen molar-refractivity contribution >= 4 is 32.6 Å². The number of sulfonamides is 1. The molecule has 0 aliphatic heterocycles. The highest BCUT2D eigenvalue weighted by molar-refractivity contribution is 7.89. The summed E-state index contributed by atoms with van der Waals surface area (Å²) in [6.07, 6.45) is 1.55. The van der Waals surface area contributed by atoms with Crippen molar-refractivity contribution in [3.05, 3.63) is 144 Å². The summed E-state index contributed by atoms with van der Waals surface area (Å²) < 4.78 is 35.8. The fourth-order valence-electron chi connectivity index (χ4n) is 4.53. The van der Waals surface area contributed by atoms with E-state index in [-0.39, 0.29) is 4.90 Å². The Morgan fingerprint density at radius 1 is 0.775 bits per heavy atom. The molecular weight excluding hydrogens is 522 g/mol. The van der Waals surface area contributed by atoms with Crippen LogP contribution in [0.25, 0.3) is 10.9 Å². The molecule has 1 aromatic heterocycles. The molecule has 1 N–H and O–H groups in total. The Kier molecular flexibility index (Phi) is 8.10. The molecule has 0 saturated carbocycles. The summed E-state index contributed by atoms with van der Waals surface area (Å²) in [6, 6.07) is 33.9. The number of fused-ring (bicyclic) bond motifs is 1. The maximum absolute atomic E-state index is 13.9. The number of methoxy groups -OCH3 is 1. The number of rotatable bonds is 9. The van der Waals surface area contributed by atoms with Crippen molar-refractivity contribution in [3.63, 3.8) is 0 Å². The van der Waals surface area contributed by atoms with Crippen LogP contribution in [0.15, 0.2) is 137 Å². The molecule has 0 unspecified atom stereocenters. The van der Waals surface area contributed by atoms with Crippen LogP contribution in [0, 0.1) is 0 Å². The van der Waals surface area contributed by atoms with Gasteiger partial charge in [-0.3, -0.25) is 9.98 Å². The van der Waals surface area contributed by atoms with Crippen LogP contribution in [-0.4, -0.2) is 38.2 Å². The molecule has 5 rings (SSSR count). The Morgan fingerprint density at radius 2 is 1.35 bits per heavy atom. The van der Waals surface area contributed by atoms with Gasteiger partial charge in [-0.25, -0.2) is 17.9 Å². The molecule has 200 valence electrons. The lowest BCUT2D eigenvalue weighted by atomic mass is 9.98. The van der Waals surface area contributed by atoms with Gasteiger partial charge in [0.2, 0.25) is 10.0 Å². The van der Waals surface area contributed by atoms with Gasteiger partial charge in [0, 0.05) is 22.7 Å². The lowest BCUT2D eigenvalue weighted by Crippen LogP contribution is -2.40. The first-order chi connectivity index (χ1) is 19.5. The Bertz CT molecular complexity index is 1700. The second-order valence-electron chi connectivity index (χ2n) is 9.02. The monoisotopic (exact) mass is 549 g/mol. The number of para-hydroxylation sites is 1. The number of ether oxygens (including phenoxy) is 1. The van der Waals surface area contributed by atoms with E-state index in [1.807, 2.05) is 66.7 Å². The Morgan fingerprint density at radius 3 is 1.95 bits per heavy atom. The molecule has 2 atom stereocenters. The zero-order valence-electron chi connectivity index (χ0n) is 21.7. The molecule has 0 saturated heterocycles. The third kappa shape index (κ3) is 5.83. The van der Waals surface area contributed by atoms with Crippen molar-refractivity contribution in [1.82, 2.24) is 9.71 Å². The van der Waals surface area contributed by atoms with Crippen LogP contribution in [0.5, 0.6) is 0 Å². The van der Waals surface area contributed by atoms with E-state index >= 15 is 0 Å². The van der Waals surface area contributed by atoms with Crippen molar-refractivity contribution in [2.75, 3.05) is 7.11 Å². The molecule has 0 aliphatic rings. The lowest BCUT2D eigenvalue weighted by molar-refractivity contribution is -0.142. The molecule has 0 aliphatic carbocycles. The van der Waals surface area contributed by atoms with Gasteiger partial charge in [-0.1, -0.05) is 109 Å². The largest absolute Gasteiger partial charge is 0.467 e. The second kappa shape index (κ2) is 12.0. The summed E-state index contributed by atoms with van der Waals surface area (Å²) in [7, 11) is -2.91. The molecule has 40 heavy (non-hydrogen) atoms. The molecule has 0 spiro atoms. The van der Waals surface area contributed by atoms with Gasteiger partial charge in [-0.15, -0.1) is 0 Å². The Labute approximate surface area is 233 Å². The predicted molar refractivity (Wildman–Crippen MR) is 156 cm³/mol. The fourth-order valence-corrected chi connectivity index (χ4v) is 5.94. The first-order valence-corrected chi connectivity index (χ1v) is 14.1. The molecule has 0 amide bonds. The number of aliphatic imine (C=N–C) groups is 1. The van der Waals surface area contributed by atoms with E-state index in [0.29, 0.717) is 22.2 Å². The van der Waals surface area contributed by atoms with Gasteiger partial charge in [0.25, 0.3) is 0 Å². The number of hydrogen-bond acceptors (Lipinski definition) is 6. The van der Waals surface area contributed by atoms with E-state index < -0.39 is 28.1 Å². The maximum atomic E-state index is 13.9. The number of benzene rings is 4. The first kappa shape index (κ1) is 26.9. The highest BCUT2D eigenvalue weighted by Gasteiger charge is 2.35. The first-order valence-electron chi connectivity index (χ1n) is 12.7. The van der Waals surface area contributed by atoms with Crippen molar-refractivity contribution in [3.8, 4) is 0 Å². The number of nitrogens with zero attached hydrogens (tertiary/aromatic N) is 2. The van der Waals surface area contributed by atoms with Gasteiger partial charge < -0.3 is 4.74 Å². The third-order valence-corrected chi connectivity index (χ3v) is 7.92. The predicted octanol–water partition coefficient (Wildman–Crippen LogP) is 5.33. The van der Waals surface area contributed by atoms with E-state index in [2.05, 4.69) is 9.71 Å². The molecule has 4 aromatic carbocycles. The van der Waals surface area contributed by atoms with Gasteiger partial charge in [-0.2, -0.15) is 0 Å². The number of esters is 1. The second-order valence-corrected chi connectivity index (χ2v) is 10.7. The molecule has 0 fully saturated rings. The SMILES string of the molecule is COC(=O)[C@@H](N=C(c1ccccc1)c1ccccc1)[C@H](NS(=O)(=O)c1cccc2cccnc12)c1ccccc1. The average molecular weight is 550 g/mol. The van der Waals surface area contributed by atoms with Gasteiger partial charge in [0.1, 0.15) is 4.90 Å². The number of nitrogens with one attached hydrogen (secondary N) is 1. The minimum atomic E-state index is -4.18. The van der Waals surface area contributed by atoms with Gasteiger partial charge >= 0.3 is 5.97 Å². The van der Waals surface area contributed by atoms with E-state index in [1.165, 1.54) is 13.2 Å². The summed E-state index contributed by atoms with van der Waals surface area (Å²) in [5, 5.41) is 0.680. The summed E-state index contributed by atoms with van der Waals surface area (Å²) in [5.41, 5.74) is 2.96. The van der Waals surface area contributed by atoms with E-state index in [9.17, 15) is 13.2 Å². The topological polar surface area (TPSA) is 97.7 Å². The van der Waals surface area contributed by atoms with Crippen molar-refractivity contribution in [1.29, 1.82) is 0 Å². The molecule has 0 radical (unpaired) electrons. The number of carbonyl (C=O) groups excluding carboxylic acids is 1. The van der Waals surface area contributed by atoms with Crippen LogP contribution < -0.4 is 4.72 Å². The standard InChI is InChI=1S/C32H27N3O4S/c1-39-32(36)31(34-28(23-13-5-2-6-14-23)24-15-7-3-8-16-24)30(26-17-9-4-10-18-26)35-40(37,38)27-21-11-19-25-20-12-22-33-29(25)27/h2-22,30-31,35H,1H3/t30-,31+/m1/s1. The van der Waals surface area contributed by atoms with Crippen LogP contribution in [-0.2, 0) is 19.6 Å². The minimum Gasteiger partial charge on any atom is -0.467 e. The average Bonchev–Trinajstić information content (AvgIpc) is 3.01. The summed E-state index contributed by atoms with van der Waals surface area (Å²) in [4.78, 5) is 22.6. The fraction of sp³-hybridized carbons (Fsp3) is 0.0938. The molecule has 0 bridgehead atoms. The molecular formula is C32H27N3O4S. The van der Waals surface area contributed by atoms with Crippen molar-refractivity contribution in [2.45, 2.75) is 17.0 Å². The van der Waals surface area contributed by atoms with E-state index in [0.717, 1.165) is 11.1 Å². The number of aromatic nitrogens is 1. The highest BCUT2D eigenvalue weighted by Crippen LogP contribution is 2.28. The zero-order valence-corrected chi connectivity index (χ0v) is 22.5. The van der Waals surface area contributed by atoms with Crippen molar-refractivity contribution in [2.24, 2.45) is 4.99 Å². The summed E-state index contributed by atoms with van der Waals surface area (Å²) in [6.45, 7) is 0. The van der Waals surface area contributed by atoms with E-state index in [1.54, 1.807) is 54.7 Å². The van der Waals surface area contributed by atoms with Crippen LogP contribution >= 0.6 is 0 Å².